The molecule has 0 heterocycles. The van der Waals surface area contributed by atoms with E-state index in [1.54, 1.807) is 0 Å². The minimum absolute atomic E-state index is 0.0494. The molecule has 0 spiro atoms. The minimum atomic E-state index is -0.710. The molecule has 0 bridgehead atoms. The maximum atomic E-state index is 13.6. The molecule has 0 atom stereocenters. The lowest BCUT2D eigenvalue weighted by molar-refractivity contribution is -0.631. The van der Waals surface area contributed by atoms with Crippen LogP contribution in [0, 0.1) is 52.3 Å². The Bertz CT molecular complexity index is 313. The van der Waals surface area contributed by atoms with Gasteiger partial charge in [0.25, 0.3) is 0 Å². The summed E-state index contributed by atoms with van der Waals surface area (Å²) in [6, 6.07) is 2.44. The molecule has 0 saturated heterocycles. The molecule has 6 saturated carbocycles. The Balaban J connectivity index is 1.82. The maximum absolute atomic E-state index is 13.6. The first kappa shape index (κ1) is 4.45. The zero-order valence-electron chi connectivity index (χ0n) is 5.79. The van der Waals surface area contributed by atoms with Gasteiger partial charge in [0.05, 0.1) is 11.5 Å². The van der Waals surface area contributed by atoms with Gasteiger partial charge in [-0.2, -0.15) is 5.26 Å². The highest BCUT2D eigenvalue weighted by Crippen LogP contribution is 3.07. The Morgan fingerprint density at radius 3 is 1.82 bits per heavy atom. The van der Waals surface area contributed by atoms with Gasteiger partial charge in [-0.3, -0.25) is 0 Å². The molecule has 0 aromatic heterocycles. The summed E-state index contributed by atoms with van der Waals surface area (Å²) < 4.78 is 13.6. The fourth-order valence-electron chi connectivity index (χ4n) is 5.62. The first-order chi connectivity index (χ1) is 5.29. The second-order valence-corrected chi connectivity index (χ2v) is 5.03. The van der Waals surface area contributed by atoms with Crippen LogP contribution < -0.4 is 0 Å². The van der Waals surface area contributed by atoms with E-state index < -0.39 is 5.67 Å². The fraction of sp³-hybridized carbons (Fsp3) is 0.889. The van der Waals surface area contributed by atoms with Gasteiger partial charge in [-0.1, -0.05) is 0 Å². The van der Waals surface area contributed by atoms with Crippen molar-refractivity contribution in [2.75, 3.05) is 0 Å². The molecule has 0 unspecified atom stereocenters. The third kappa shape index (κ3) is 0.133. The van der Waals surface area contributed by atoms with E-state index in [1.165, 1.54) is 0 Å². The zero-order chi connectivity index (χ0) is 7.17. The summed E-state index contributed by atoms with van der Waals surface area (Å²) in [5.74, 6) is 2.67. The van der Waals surface area contributed by atoms with Gasteiger partial charge in [0.1, 0.15) is 5.67 Å². The molecule has 6 aliphatic carbocycles. The van der Waals surface area contributed by atoms with Crippen LogP contribution in [0.15, 0.2) is 0 Å². The van der Waals surface area contributed by atoms with Crippen molar-refractivity contribution in [2.45, 2.75) is 5.67 Å². The highest BCUT2D eigenvalue weighted by Gasteiger charge is 3.11. The SMILES string of the molecule is N#CC12C3C4C1C1C2C3C41F. The Morgan fingerprint density at radius 2 is 1.45 bits per heavy atom. The van der Waals surface area contributed by atoms with Gasteiger partial charge in [0.15, 0.2) is 0 Å². The summed E-state index contributed by atoms with van der Waals surface area (Å²) in [7, 11) is 0. The molecule has 54 valence electrons. The van der Waals surface area contributed by atoms with E-state index in [2.05, 4.69) is 6.07 Å². The van der Waals surface area contributed by atoms with Crippen molar-refractivity contribution in [1.29, 1.82) is 5.26 Å². The van der Waals surface area contributed by atoms with Crippen molar-refractivity contribution in [1.82, 2.24) is 0 Å². The van der Waals surface area contributed by atoms with Crippen LogP contribution in [0.5, 0.6) is 0 Å². The molecule has 11 heavy (non-hydrogen) atoms. The normalized spacial score (nSPS) is 94.5. The van der Waals surface area contributed by atoms with Gasteiger partial charge < -0.3 is 0 Å². The van der Waals surface area contributed by atoms with Crippen molar-refractivity contribution in [3.8, 4) is 6.07 Å². The van der Waals surface area contributed by atoms with Crippen LogP contribution in [0.2, 0.25) is 0 Å². The maximum Gasteiger partial charge on any atom is 0.121 e. The number of nitrogens with zero attached hydrogens (tertiary/aromatic N) is 1. The average Bonchev–Trinajstić information content (AvgIpc) is 2.06. The Labute approximate surface area is 63.2 Å². The summed E-state index contributed by atoms with van der Waals surface area (Å²) in [6.07, 6.45) is 0. The van der Waals surface area contributed by atoms with Crippen molar-refractivity contribution >= 4 is 0 Å². The van der Waals surface area contributed by atoms with Crippen molar-refractivity contribution in [3.63, 3.8) is 0 Å². The van der Waals surface area contributed by atoms with Crippen LogP contribution in [0.4, 0.5) is 4.39 Å². The van der Waals surface area contributed by atoms with E-state index in [0.29, 0.717) is 35.5 Å². The van der Waals surface area contributed by atoms with Crippen LogP contribution in [-0.2, 0) is 0 Å². The van der Waals surface area contributed by atoms with Gasteiger partial charge >= 0.3 is 0 Å². The number of rotatable bonds is 0. The Hall–Kier alpha value is -0.580. The monoisotopic (exact) mass is 147 g/mol. The molecular weight excluding hydrogens is 141 g/mol. The largest absolute Gasteiger partial charge is 0.243 e. The molecule has 0 aliphatic heterocycles. The van der Waals surface area contributed by atoms with E-state index in [1.807, 2.05) is 0 Å². The van der Waals surface area contributed by atoms with Crippen LogP contribution >= 0.6 is 0 Å². The number of hydrogen-bond acceptors (Lipinski definition) is 1. The van der Waals surface area contributed by atoms with Gasteiger partial charge in [0.2, 0.25) is 0 Å². The van der Waals surface area contributed by atoms with Crippen molar-refractivity contribution in [2.24, 2.45) is 40.9 Å². The minimum Gasteiger partial charge on any atom is -0.243 e. The molecule has 1 nitrogen and oxygen atoms in total. The first-order valence-corrected chi connectivity index (χ1v) is 4.39. The summed E-state index contributed by atoms with van der Waals surface area (Å²) >= 11 is 0. The van der Waals surface area contributed by atoms with Gasteiger partial charge in [-0.05, 0) is 17.8 Å². The molecule has 2 heteroatoms. The predicted octanol–water partition coefficient (Wildman–Crippen LogP) is 0.970. The lowest BCUT2D eigenvalue weighted by atomic mass is 8.95. The van der Waals surface area contributed by atoms with E-state index in [-0.39, 0.29) is 5.41 Å². The third-order valence-electron chi connectivity index (χ3n) is 5.70. The summed E-state index contributed by atoms with van der Waals surface area (Å²) in [5, 5.41) is 8.93. The van der Waals surface area contributed by atoms with Crippen LogP contribution in [0.3, 0.4) is 0 Å². The lowest BCUT2D eigenvalue weighted by Crippen LogP contribution is -3.11. The molecular formula is C9H6FN. The molecule has 6 aliphatic rings. The highest BCUT2D eigenvalue weighted by molar-refractivity contribution is 5.60. The van der Waals surface area contributed by atoms with Crippen LogP contribution in [0.25, 0.3) is 0 Å². The van der Waals surface area contributed by atoms with Crippen LogP contribution in [0.1, 0.15) is 0 Å². The number of halogens is 1. The first-order valence-electron chi connectivity index (χ1n) is 4.39. The van der Waals surface area contributed by atoms with Crippen molar-refractivity contribution < 1.29 is 4.39 Å². The van der Waals surface area contributed by atoms with Gasteiger partial charge in [0, 0.05) is 17.8 Å². The smallest absolute Gasteiger partial charge is 0.121 e. The van der Waals surface area contributed by atoms with Gasteiger partial charge in [-0.15, -0.1) is 0 Å². The fourth-order valence-corrected chi connectivity index (χ4v) is 5.62. The quantitative estimate of drug-likeness (QED) is 0.501. The summed E-state index contributed by atoms with van der Waals surface area (Å²) in [5.41, 5.74) is -0.660. The molecule has 0 amide bonds. The molecule has 0 radical (unpaired) electrons. The highest BCUT2D eigenvalue weighted by atomic mass is 19.1. The van der Waals surface area contributed by atoms with E-state index in [0.717, 1.165) is 0 Å². The number of hydrogen-bond donors (Lipinski definition) is 0. The third-order valence-corrected chi connectivity index (χ3v) is 5.70. The van der Waals surface area contributed by atoms with Crippen LogP contribution in [-0.4, -0.2) is 5.67 Å². The van der Waals surface area contributed by atoms with E-state index >= 15 is 0 Å². The second-order valence-electron chi connectivity index (χ2n) is 5.03. The number of alkyl halides is 1. The topological polar surface area (TPSA) is 23.8 Å². The standard InChI is InChI=1S/C9H6FN/c10-9-5-2-6(9)4-7(9)3(5)8(2,4)1-11/h2-7H. The van der Waals surface area contributed by atoms with Gasteiger partial charge in [-0.25, -0.2) is 4.39 Å². The van der Waals surface area contributed by atoms with Crippen molar-refractivity contribution in [3.05, 3.63) is 0 Å². The van der Waals surface area contributed by atoms with E-state index in [4.69, 9.17) is 5.26 Å². The molecule has 6 fully saturated rings. The Kier molecular flexibility index (Phi) is 0.292. The summed E-state index contributed by atoms with van der Waals surface area (Å²) in [4.78, 5) is 0. The van der Waals surface area contributed by atoms with E-state index in [9.17, 15) is 4.39 Å². The Morgan fingerprint density at radius 1 is 1.00 bits per heavy atom. The number of nitriles is 1. The predicted molar refractivity (Wildman–Crippen MR) is 32.8 cm³/mol. The second kappa shape index (κ2) is 0.722. The zero-order valence-corrected chi connectivity index (χ0v) is 5.79. The lowest BCUT2D eigenvalue weighted by Gasteiger charge is -3.07. The summed E-state index contributed by atoms with van der Waals surface area (Å²) in [6.45, 7) is 0. The molecule has 0 aromatic rings. The molecule has 6 rings (SSSR count). The average molecular weight is 147 g/mol. The molecule has 0 aromatic carbocycles. The molecule has 0 N–H and O–H groups in total.